The van der Waals surface area contributed by atoms with E-state index in [1.54, 1.807) is 12.1 Å². The van der Waals surface area contributed by atoms with Gasteiger partial charge >= 0.3 is 5.97 Å². The summed E-state index contributed by atoms with van der Waals surface area (Å²) < 4.78 is 10.3. The lowest BCUT2D eigenvalue weighted by molar-refractivity contribution is -0.138. The van der Waals surface area contributed by atoms with Crippen molar-refractivity contribution < 1.29 is 24.2 Å². The van der Waals surface area contributed by atoms with E-state index in [9.17, 15) is 9.59 Å². The van der Waals surface area contributed by atoms with E-state index in [4.69, 9.17) is 26.2 Å². The fraction of sp³-hybridized carbons (Fsp3) is 0.429. The highest BCUT2D eigenvalue weighted by atomic mass is 35.5. The second-order valence-electron chi connectivity index (χ2n) is 4.31. The van der Waals surface area contributed by atoms with Crippen LogP contribution in [0, 0.1) is 0 Å². The molecular weight excluding hydrogens is 298 g/mol. The minimum atomic E-state index is -0.989. The predicted molar refractivity (Wildman–Crippen MR) is 78.1 cm³/mol. The van der Waals surface area contributed by atoms with Gasteiger partial charge in [-0.1, -0.05) is 11.6 Å². The monoisotopic (exact) mass is 315 g/mol. The summed E-state index contributed by atoms with van der Waals surface area (Å²) in [6.07, 6.45) is 0.356. The first-order valence-corrected chi connectivity index (χ1v) is 6.74. The SMILES string of the molecule is COc1cc(CCNC(=O)CCC(=O)O)cc(Cl)c1OC. The second kappa shape index (κ2) is 8.36. The number of amides is 1. The Morgan fingerprint density at radius 1 is 1.24 bits per heavy atom. The fourth-order valence-corrected chi connectivity index (χ4v) is 2.08. The van der Waals surface area contributed by atoms with E-state index in [1.165, 1.54) is 14.2 Å². The van der Waals surface area contributed by atoms with Gasteiger partial charge in [0.2, 0.25) is 5.91 Å². The number of methoxy groups -OCH3 is 2. The van der Waals surface area contributed by atoms with Crippen molar-refractivity contribution >= 4 is 23.5 Å². The standard InChI is InChI=1S/C14H18ClNO5/c1-20-11-8-9(7-10(15)14(11)21-2)5-6-16-12(17)3-4-13(18)19/h7-8H,3-6H2,1-2H3,(H,16,17)(H,18,19). The first-order chi connectivity index (χ1) is 9.97. The Labute approximate surface area is 128 Å². The topological polar surface area (TPSA) is 84.9 Å². The molecule has 0 spiro atoms. The molecule has 1 amide bonds. The molecule has 0 atom stereocenters. The molecule has 0 aliphatic rings. The molecule has 0 radical (unpaired) electrons. The van der Waals surface area contributed by atoms with Gasteiger partial charge in [-0.05, 0) is 24.1 Å². The van der Waals surface area contributed by atoms with Crippen LogP contribution in [0.3, 0.4) is 0 Å². The number of nitrogens with one attached hydrogen (secondary N) is 1. The van der Waals surface area contributed by atoms with E-state index >= 15 is 0 Å². The third kappa shape index (κ3) is 5.51. The van der Waals surface area contributed by atoms with Gasteiger partial charge in [-0.2, -0.15) is 0 Å². The zero-order chi connectivity index (χ0) is 15.8. The molecule has 6 nitrogen and oxygen atoms in total. The molecule has 0 aromatic heterocycles. The van der Waals surface area contributed by atoms with Gasteiger partial charge in [0, 0.05) is 13.0 Å². The molecule has 7 heteroatoms. The molecule has 1 rings (SSSR count). The smallest absolute Gasteiger partial charge is 0.303 e. The van der Waals surface area contributed by atoms with Crippen molar-refractivity contribution in [3.63, 3.8) is 0 Å². The molecule has 0 unspecified atom stereocenters. The van der Waals surface area contributed by atoms with Gasteiger partial charge in [-0.25, -0.2) is 0 Å². The van der Waals surface area contributed by atoms with Crippen molar-refractivity contribution in [2.75, 3.05) is 20.8 Å². The third-order valence-electron chi connectivity index (χ3n) is 2.80. The fourth-order valence-electron chi connectivity index (χ4n) is 1.77. The molecule has 2 N–H and O–H groups in total. The summed E-state index contributed by atoms with van der Waals surface area (Å²) in [6, 6.07) is 3.53. The summed E-state index contributed by atoms with van der Waals surface area (Å²) >= 11 is 6.08. The quantitative estimate of drug-likeness (QED) is 0.765. The van der Waals surface area contributed by atoms with Gasteiger partial charge in [0.15, 0.2) is 11.5 Å². The summed E-state index contributed by atoms with van der Waals surface area (Å²) in [5, 5.41) is 11.6. The maximum absolute atomic E-state index is 11.4. The van der Waals surface area contributed by atoms with E-state index in [-0.39, 0.29) is 18.7 Å². The van der Waals surface area contributed by atoms with E-state index in [2.05, 4.69) is 5.32 Å². The number of carboxylic acids is 1. The lowest BCUT2D eigenvalue weighted by Gasteiger charge is -2.12. The number of halogens is 1. The average molecular weight is 316 g/mol. The van der Waals surface area contributed by atoms with Crippen LogP contribution in [0.2, 0.25) is 5.02 Å². The molecule has 21 heavy (non-hydrogen) atoms. The summed E-state index contributed by atoms with van der Waals surface area (Å²) in [6.45, 7) is 0.393. The van der Waals surface area contributed by atoms with Gasteiger partial charge in [0.1, 0.15) is 0 Å². The molecule has 0 bridgehead atoms. The lowest BCUT2D eigenvalue weighted by atomic mass is 10.1. The van der Waals surface area contributed by atoms with Crippen LogP contribution in [-0.4, -0.2) is 37.7 Å². The second-order valence-corrected chi connectivity index (χ2v) is 4.71. The third-order valence-corrected chi connectivity index (χ3v) is 3.08. The van der Waals surface area contributed by atoms with E-state index in [0.29, 0.717) is 29.5 Å². The summed E-state index contributed by atoms with van der Waals surface area (Å²) in [7, 11) is 3.03. The Bertz CT molecular complexity index is 518. The van der Waals surface area contributed by atoms with Crippen LogP contribution in [0.5, 0.6) is 11.5 Å². The van der Waals surface area contributed by atoms with Gasteiger partial charge in [-0.3, -0.25) is 9.59 Å². The number of carbonyl (C=O) groups excluding carboxylic acids is 1. The van der Waals surface area contributed by atoms with Gasteiger partial charge in [0.05, 0.1) is 25.7 Å². The number of carboxylic acid groups (broad SMARTS) is 1. The normalized spacial score (nSPS) is 10.0. The van der Waals surface area contributed by atoms with Crippen LogP contribution < -0.4 is 14.8 Å². The van der Waals surface area contributed by atoms with Crippen molar-refractivity contribution in [2.24, 2.45) is 0 Å². The predicted octanol–water partition coefficient (Wildman–Crippen LogP) is 1.88. The van der Waals surface area contributed by atoms with Crippen LogP contribution in [0.4, 0.5) is 0 Å². The van der Waals surface area contributed by atoms with Gasteiger partial charge < -0.3 is 19.9 Å². The molecule has 1 aromatic carbocycles. The number of rotatable bonds is 8. The Kier molecular flexibility index (Phi) is 6.81. The van der Waals surface area contributed by atoms with Crippen LogP contribution in [0.1, 0.15) is 18.4 Å². The minimum absolute atomic E-state index is 0.0258. The van der Waals surface area contributed by atoms with Crippen molar-refractivity contribution in [1.82, 2.24) is 5.32 Å². The highest BCUT2D eigenvalue weighted by molar-refractivity contribution is 6.32. The first-order valence-electron chi connectivity index (χ1n) is 6.36. The molecule has 0 heterocycles. The molecule has 1 aromatic rings. The zero-order valence-corrected chi connectivity index (χ0v) is 12.7. The molecule has 0 saturated heterocycles. The first kappa shape index (κ1) is 17.1. The molecule has 116 valence electrons. The highest BCUT2D eigenvalue weighted by Crippen LogP contribution is 2.36. The van der Waals surface area contributed by atoms with Crippen molar-refractivity contribution in [1.29, 1.82) is 0 Å². The number of benzene rings is 1. The summed E-state index contributed by atoms with van der Waals surface area (Å²) in [4.78, 5) is 21.7. The van der Waals surface area contributed by atoms with Crippen molar-refractivity contribution in [3.05, 3.63) is 22.7 Å². The summed E-state index contributed by atoms with van der Waals surface area (Å²) in [5.74, 6) is -0.286. The Morgan fingerprint density at radius 3 is 2.52 bits per heavy atom. The molecule has 0 fully saturated rings. The number of hydrogen-bond acceptors (Lipinski definition) is 4. The number of ether oxygens (including phenoxy) is 2. The molecule has 0 saturated carbocycles. The van der Waals surface area contributed by atoms with E-state index in [1.807, 2.05) is 0 Å². The van der Waals surface area contributed by atoms with Crippen LogP contribution >= 0.6 is 11.6 Å². The summed E-state index contributed by atoms with van der Waals surface area (Å²) in [5.41, 5.74) is 0.885. The lowest BCUT2D eigenvalue weighted by Crippen LogP contribution is -2.26. The highest BCUT2D eigenvalue weighted by Gasteiger charge is 2.11. The van der Waals surface area contributed by atoms with Crippen LogP contribution in [0.25, 0.3) is 0 Å². The van der Waals surface area contributed by atoms with E-state index < -0.39 is 5.97 Å². The number of hydrogen-bond donors (Lipinski definition) is 2. The maximum Gasteiger partial charge on any atom is 0.303 e. The molecular formula is C14H18ClNO5. The van der Waals surface area contributed by atoms with Gasteiger partial charge in [-0.15, -0.1) is 0 Å². The van der Waals surface area contributed by atoms with Crippen molar-refractivity contribution in [2.45, 2.75) is 19.3 Å². The number of aliphatic carboxylic acids is 1. The van der Waals surface area contributed by atoms with Gasteiger partial charge in [0.25, 0.3) is 0 Å². The Morgan fingerprint density at radius 2 is 1.95 bits per heavy atom. The van der Waals surface area contributed by atoms with Crippen molar-refractivity contribution in [3.8, 4) is 11.5 Å². The van der Waals surface area contributed by atoms with Crippen LogP contribution in [0.15, 0.2) is 12.1 Å². The Hall–Kier alpha value is -1.95. The molecule has 0 aliphatic heterocycles. The van der Waals surface area contributed by atoms with Crippen LogP contribution in [-0.2, 0) is 16.0 Å². The van der Waals surface area contributed by atoms with E-state index in [0.717, 1.165) is 5.56 Å². The number of carbonyl (C=O) groups is 2. The minimum Gasteiger partial charge on any atom is -0.493 e. The Balaban J connectivity index is 2.54. The molecule has 0 aliphatic carbocycles. The largest absolute Gasteiger partial charge is 0.493 e. The average Bonchev–Trinajstić information content (AvgIpc) is 2.44. The maximum atomic E-state index is 11.4. The zero-order valence-electron chi connectivity index (χ0n) is 11.9.